The molecule has 1 heterocycles. The van der Waals surface area contributed by atoms with Crippen molar-refractivity contribution in [3.05, 3.63) is 23.9 Å². The minimum Gasteiger partial charge on any atom is -0.465 e. The van der Waals surface area contributed by atoms with Gasteiger partial charge in [-0.25, -0.2) is 9.78 Å². The van der Waals surface area contributed by atoms with E-state index < -0.39 is 0 Å². The number of esters is 1. The predicted molar refractivity (Wildman–Crippen MR) is 79.9 cm³/mol. The van der Waals surface area contributed by atoms with Gasteiger partial charge in [-0.3, -0.25) is 0 Å². The highest BCUT2D eigenvalue weighted by Crippen LogP contribution is 2.29. The van der Waals surface area contributed by atoms with E-state index in [9.17, 15) is 4.79 Å². The van der Waals surface area contributed by atoms with Gasteiger partial charge in [0.1, 0.15) is 5.82 Å². The molecule has 1 atom stereocenters. The lowest BCUT2D eigenvalue weighted by Gasteiger charge is -2.30. The molecule has 0 amide bonds. The largest absolute Gasteiger partial charge is 0.465 e. The van der Waals surface area contributed by atoms with E-state index in [1.807, 2.05) is 0 Å². The van der Waals surface area contributed by atoms with Crippen molar-refractivity contribution in [1.82, 2.24) is 4.98 Å². The lowest BCUT2D eigenvalue weighted by molar-refractivity contribution is 0.0600. The van der Waals surface area contributed by atoms with Crippen molar-refractivity contribution in [3.8, 4) is 0 Å². The van der Waals surface area contributed by atoms with Crippen LogP contribution in [0.1, 0.15) is 55.8 Å². The van der Waals surface area contributed by atoms with Gasteiger partial charge in [0, 0.05) is 12.2 Å². The fraction of sp³-hybridized carbons (Fsp3) is 0.625. The summed E-state index contributed by atoms with van der Waals surface area (Å²) in [5.74, 6) is 1.17. The smallest absolute Gasteiger partial charge is 0.338 e. The van der Waals surface area contributed by atoms with Gasteiger partial charge in [-0.05, 0) is 37.3 Å². The minimum atomic E-state index is -0.318. The molecule has 1 unspecified atom stereocenters. The first kappa shape index (κ1) is 14.8. The Balaban J connectivity index is 2.05. The van der Waals surface area contributed by atoms with E-state index >= 15 is 0 Å². The van der Waals surface area contributed by atoms with Crippen LogP contribution < -0.4 is 5.32 Å². The second kappa shape index (κ2) is 7.27. The van der Waals surface area contributed by atoms with Crippen LogP contribution >= 0.6 is 0 Å². The van der Waals surface area contributed by atoms with Crippen molar-refractivity contribution < 1.29 is 9.53 Å². The molecule has 1 N–H and O–H groups in total. The molecule has 0 aliphatic heterocycles. The van der Waals surface area contributed by atoms with Crippen LogP contribution in [0, 0.1) is 5.92 Å². The average molecular weight is 276 g/mol. The molecule has 4 nitrogen and oxygen atoms in total. The maximum atomic E-state index is 11.5. The first-order valence-electron chi connectivity index (χ1n) is 7.55. The number of carbonyl (C=O) groups is 1. The van der Waals surface area contributed by atoms with E-state index in [0.717, 1.165) is 18.2 Å². The molecular formula is C16H24N2O2. The average Bonchev–Trinajstić information content (AvgIpc) is 2.53. The molecule has 1 aliphatic rings. The van der Waals surface area contributed by atoms with Gasteiger partial charge in [0.05, 0.1) is 12.7 Å². The van der Waals surface area contributed by atoms with Crippen molar-refractivity contribution >= 4 is 11.8 Å². The summed E-state index contributed by atoms with van der Waals surface area (Å²) in [6.07, 6.45) is 9.35. The molecule has 1 aromatic rings. The summed E-state index contributed by atoms with van der Waals surface area (Å²) in [5, 5.41) is 3.50. The molecule has 4 heteroatoms. The zero-order valence-electron chi connectivity index (χ0n) is 12.4. The quantitative estimate of drug-likeness (QED) is 0.834. The highest BCUT2D eigenvalue weighted by molar-refractivity contribution is 5.89. The van der Waals surface area contributed by atoms with Crippen LogP contribution in [0.4, 0.5) is 5.82 Å². The van der Waals surface area contributed by atoms with Crippen LogP contribution in [0.2, 0.25) is 0 Å². The first-order chi connectivity index (χ1) is 9.74. The third-order valence-corrected chi connectivity index (χ3v) is 4.17. The molecular weight excluding hydrogens is 252 g/mol. The summed E-state index contributed by atoms with van der Waals surface area (Å²) in [6, 6.07) is 3.89. The number of hydrogen-bond acceptors (Lipinski definition) is 4. The number of methoxy groups -OCH3 is 1. The number of ether oxygens (including phenoxy) is 1. The highest BCUT2D eigenvalue weighted by atomic mass is 16.5. The molecule has 1 aromatic heterocycles. The second-order valence-electron chi connectivity index (χ2n) is 5.48. The number of pyridine rings is 1. The van der Waals surface area contributed by atoms with E-state index in [1.165, 1.54) is 39.2 Å². The van der Waals surface area contributed by atoms with Gasteiger partial charge >= 0.3 is 5.97 Å². The van der Waals surface area contributed by atoms with Crippen molar-refractivity contribution in [2.45, 2.75) is 51.5 Å². The summed E-state index contributed by atoms with van der Waals surface area (Å²) in [7, 11) is 1.40. The van der Waals surface area contributed by atoms with Crippen molar-refractivity contribution in [3.63, 3.8) is 0 Å². The number of nitrogens with one attached hydrogen (secondary N) is 1. The van der Waals surface area contributed by atoms with Gasteiger partial charge in [-0.1, -0.05) is 26.2 Å². The molecule has 1 aliphatic carbocycles. The number of nitrogens with zero attached hydrogens (tertiary/aromatic N) is 1. The zero-order chi connectivity index (χ0) is 14.4. The summed E-state index contributed by atoms with van der Waals surface area (Å²) >= 11 is 0. The Bertz CT molecular complexity index is 442. The summed E-state index contributed by atoms with van der Waals surface area (Å²) < 4.78 is 4.74. The third kappa shape index (κ3) is 3.71. The second-order valence-corrected chi connectivity index (χ2v) is 5.48. The molecule has 0 bridgehead atoms. The number of carbonyl (C=O) groups excluding carboxylic acids is 1. The van der Waals surface area contributed by atoms with Gasteiger partial charge in [-0.15, -0.1) is 0 Å². The Morgan fingerprint density at radius 1 is 1.45 bits per heavy atom. The van der Waals surface area contributed by atoms with E-state index in [-0.39, 0.29) is 5.97 Å². The van der Waals surface area contributed by atoms with Crippen molar-refractivity contribution in [2.24, 2.45) is 5.92 Å². The van der Waals surface area contributed by atoms with Gasteiger partial charge in [-0.2, -0.15) is 0 Å². The zero-order valence-corrected chi connectivity index (χ0v) is 12.4. The van der Waals surface area contributed by atoms with Crippen LogP contribution in [-0.2, 0) is 4.74 Å². The molecule has 0 radical (unpaired) electrons. The minimum absolute atomic E-state index is 0.318. The Morgan fingerprint density at radius 3 is 2.85 bits per heavy atom. The fourth-order valence-electron chi connectivity index (χ4n) is 3.03. The lowest BCUT2D eigenvalue weighted by Crippen LogP contribution is -2.30. The maximum Gasteiger partial charge on any atom is 0.338 e. The van der Waals surface area contributed by atoms with Gasteiger partial charge in [0.2, 0.25) is 0 Å². The Hall–Kier alpha value is -1.58. The first-order valence-corrected chi connectivity index (χ1v) is 7.55. The van der Waals surface area contributed by atoms with Gasteiger partial charge in [0.25, 0.3) is 0 Å². The summed E-state index contributed by atoms with van der Waals surface area (Å²) in [5.41, 5.74) is 0.545. The molecule has 0 aromatic carbocycles. The van der Waals surface area contributed by atoms with E-state index in [0.29, 0.717) is 11.6 Å². The number of anilines is 1. The van der Waals surface area contributed by atoms with E-state index in [2.05, 4.69) is 17.2 Å². The van der Waals surface area contributed by atoms with Crippen LogP contribution in [0.3, 0.4) is 0 Å². The number of hydrogen-bond donors (Lipinski definition) is 1. The molecule has 2 rings (SSSR count). The molecule has 110 valence electrons. The molecule has 1 saturated carbocycles. The predicted octanol–water partition coefficient (Wildman–Crippen LogP) is 3.64. The Morgan fingerprint density at radius 2 is 2.20 bits per heavy atom. The lowest BCUT2D eigenvalue weighted by atomic mass is 9.83. The summed E-state index contributed by atoms with van der Waals surface area (Å²) in [6.45, 7) is 2.20. The van der Waals surface area contributed by atoms with E-state index in [4.69, 9.17) is 4.74 Å². The Kier molecular flexibility index (Phi) is 5.39. The molecule has 0 saturated heterocycles. The fourth-order valence-corrected chi connectivity index (χ4v) is 3.03. The highest BCUT2D eigenvalue weighted by Gasteiger charge is 2.22. The number of aromatic nitrogens is 1. The van der Waals surface area contributed by atoms with Crippen molar-refractivity contribution in [2.75, 3.05) is 12.4 Å². The van der Waals surface area contributed by atoms with Crippen LogP contribution in [0.5, 0.6) is 0 Å². The topological polar surface area (TPSA) is 51.2 Å². The molecule has 1 fully saturated rings. The van der Waals surface area contributed by atoms with Crippen LogP contribution in [0.25, 0.3) is 0 Å². The summed E-state index contributed by atoms with van der Waals surface area (Å²) in [4.78, 5) is 15.9. The standard InChI is InChI=1S/C16H24N2O2/c1-3-14(12-7-5-4-6-8-12)18-15-11-13(9-10-17-15)16(19)20-2/h9-12,14H,3-8H2,1-2H3,(H,17,18). The van der Waals surface area contributed by atoms with Crippen molar-refractivity contribution in [1.29, 1.82) is 0 Å². The Labute approximate surface area is 120 Å². The van der Waals surface area contributed by atoms with Crippen LogP contribution in [0.15, 0.2) is 18.3 Å². The molecule has 20 heavy (non-hydrogen) atoms. The SMILES string of the molecule is CCC(Nc1cc(C(=O)OC)ccn1)C1CCCCC1. The number of rotatable bonds is 5. The maximum absolute atomic E-state index is 11.5. The monoisotopic (exact) mass is 276 g/mol. The third-order valence-electron chi connectivity index (χ3n) is 4.17. The van der Waals surface area contributed by atoms with E-state index in [1.54, 1.807) is 18.3 Å². The van der Waals surface area contributed by atoms with Crippen LogP contribution in [-0.4, -0.2) is 24.1 Å². The molecule has 0 spiro atoms. The van der Waals surface area contributed by atoms with Gasteiger partial charge in [0.15, 0.2) is 0 Å². The normalized spacial score (nSPS) is 17.5. The van der Waals surface area contributed by atoms with Gasteiger partial charge < -0.3 is 10.1 Å².